The number of aromatic nitrogens is 1. The summed E-state index contributed by atoms with van der Waals surface area (Å²) in [4.78, 5) is 2.34. The number of rotatable bonds is 7. The van der Waals surface area contributed by atoms with E-state index in [9.17, 15) is 0 Å². The zero-order valence-electron chi connectivity index (χ0n) is 33.2. The molecular formula is C58H38N2O. The van der Waals surface area contributed by atoms with Crippen LogP contribution in [0, 0.1) is 0 Å². The van der Waals surface area contributed by atoms with Crippen molar-refractivity contribution in [3.63, 3.8) is 0 Å². The van der Waals surface area contributed by atoms with Gasteiger partial charge in [0.05, 0.1) is 11.0 Å². The SMILES string of the molecule is c1ccc(-c2ccc(N(c3cccc(-n4c5cccc(-c6ccccc6-c6ccccc6)c5c5c6ccccc6ccc54)c3)c3ccc4c(c3)oc3ccccc34)cc2)cc1. The highest BCUT2D eigenvalue weighted by atomic mass is 16.3. The molecule has 10 aromatic carbocycles. The largest absolute Gasteiger partial charge is 0.456 e. The van der Waals surface area contributed by atoms with Crippen molar-refractivity contribution < 1.29 is 4.42 Å². The van der Waals surface area contributed by atoms with Crippen molar-refractivity contribution in [2.24, 2.45) is 0 Å². The molecule has 0 amide bonds. The fraction of sp³-hybridized carbons (Fsp3) is 0. The van der Waals surface area contributed by atoms with Gasteiger partial charge in [-0.15, -0.1) is 0 Å². The maximum atomic E-state index is 6.46. The summed E-state index contributed by atoms with van der Waals surface area (Å²) in [5.41, 5.74) is 15.5. The zero-order valence-corrected chi connectivity index (χ0v) is 33.2. The van der Waals surface area contributed by atoms with Crippen LogP contribution >= 0.6 is 0 Å². The van der Waals surface area contributed by atoms with Crippen LogP contribution in [0.25, 0.3) is 93.6 Å². The Balaban J connectivity index is 1.08. The molecule has 3 heteroatoms. The molecule has 0 bridgehead atoms. The van der Waals surface area contributed by atoms with E-state index in [0.717, 1.165) is 55.7 Å². The molecule has 12 aromatic rings. The maximum absolute atomic E-state index is 6.46. The van der Waals surface area contributed by atoms with Crippen molar-refractivity contribution in [1.82, 2.24) is 4.57 Å². The number of benzene rings is 10. The monoisotopic (exact) mass is 778 g/mol. The van der Waals surface area contributed by atoms with Gasteiger partial charge in [0.1, 0.15) is 11.2 Å². The molecule has 3 nitrogen and oxygen atoms in total. The first-order chi connectivity index (χ1) is 30.3. The first kappa shape index (κ1) is 34.9. The van der Waals surface area contributed by atoms with Gasteiger partial charge in [0.2, 0.25) is 0 Å². The molecule has 0 spiro atoms. The molecule has 12 rings (SSSR count). The average Bonchev–Trinajstić information content (AvgIpc) is 3.88. The fourth-order valence-electron chi connectivity index (χ4n) is 9.42. The van der Waals surface area contributed by atoms with Crippen LogP contribution in [0.4, 0.5) is 17.1 Å². The van der Waals surface area contributed by atoms with Crippen LogP contribution in [0.3, 0.4) is 0 Å². The van der Waals surface area contributed by atoms with E-state index in [4.69, 9.17) is 4.42 Å². The van der Waals surface area contributed by atoms with Crippen LogP contribution in [-0.2, 0) is 0 Å². The van der Waals surface area contributed by atoms with Gasteiger partial charge in [0.15, 0.2) is 0 Å². The van der Waals surface area contributed by atoms with Crippen LogP contribution in [0.15, 0.2) is 235 Å². The smallest absolute Gasteiger partial charge is 0.137 e. The highest BCUT2D eigenvalue weighted by Crippen LogP contribution is 2.45. The van der Waals surface area contributed by atoms with Crippen LogP contribution in [0.5, 0.6) is 0 Å². The molecule has 0 N–H and O–H groups in total. The second-order valence-corrected chi connectivity index (χ2v) is 15.7. The lowest BCUT2D eigenvalue weighted by Gasteiger charge is -2.26. The van der Waals surface area contributed by atoms with Gasteiger partial charge in [-0.1, -0.05) is 164 Å². The van der Waals surface area contributed by atoms with Crippen molar-refractivity contribution in [2.75, 3.05) is 4.90 Å². The lowest BCUT2D eigenvalue weighted by atomic mass is 9.91. The highest BCUT2D eigenvalue weighted by molar-refractivity contribution is 6.25. The van der Waals surface area contributed by atoms with Crippen molar-refractivity contribution in [3.8, 4) is 39.1 Å². The number of para-hydroxylation sites is 1. The third-order valence-electron chi connectivity index (χ3n) is 12.2. The topological polar surface area (TPSA) is 21.3 Å². The molecule has 0 aliphatic carbocycles. The molecule has 0 unspecified atom stereocenters. The van der Waals surface area contributed by atoms with Crippen molar-refractivity contribution >= 4 is 71.6 Å². The van der Waals surface area contributed by atoms with Crippen molar-refractivity contribution in [2.45, 2.75) is 0 Å². The van der Waals surface area contributed by atoms with Crippen LogP contribution in [0.1, 0.15) is 0 Å². The minimum atomic E-state index is 0.860. The number of fused-ring (bicyclic) bond motifs is 8. The van der Waals surface area contributed by atoms with Gasteiger partial charge in [-0.2, -0.15) is 0 Å². The number of nitrogens with zero attached hydrogens (tertiary/aromatic N) is 2. The van der Waals surface area contributed by atoms with Crippen LogP contribution in [-0.4, -0.2) is 4.57 Å². The van der Waals surface area contributed by atoms with Gasteiger partial charge in [-0.05, 0) is 105 Å². The maximum Gasteiger partial charge on any atom is 0.137 e. The third kappa shape index (κ3) is 5.82. The zero-order chi connectivity index (χ0) is 40.3. The van der Waals surface area contributed by atoms with Crippen molar-refractivity contribution in [3.05, 3.63) is 231 Å². The summed E-state index contributed by atoms with van der Waals surface area (Å²) in [5, 5.41) is 7.18. The quantitative estimate of drug-likeness (QED) is 0.161. The molecule has 0 saturated carbocycles. The summed E-state index contributed by atoms with van der Waals surface area (Å²) in [5.74, 6) is 0. The Hall–Kier alpha value is -8.14. The summed E-state index contributed by atoms with van der Waals surface area (Å²) in [6.07, 6.45) is 0. The average molecular weight is 779 g/mol. The van der Waals surface area contributed by atoms with Crippen LogP contribution < -0.4 is 4.90 Å². The van der Waals surface area contributed by atoms with Gasteiger partial charge < -0.3 is 13.9 Å². The predicted octanol–water partition coefficient (Wildman–Crippen LogP) is 16.3. The number of hydrogen-bond donors (Lipinski definition) is 0. The third-order valence-corrected chi connectivity index (χ3v) is 12.2. The minimum Gasteiger partial charge on any atom is -0.456 e. The Morgan fingerprint density at radius 1 is 0.328 bits per heavy atom. The normalized spacial score (nSPS) is 11.6. The van der Waals surface area contributed by atoms with E-state index < -0.39 is 0 Å². The molecule has 0 fully saturated rings. The van der Waals surface area contributed by atoms with E-state index in [1.165, 1.54) is 54.9 Å². The first-order valence-electron chi connectivity index (χ1n) is 20.8. The van der Waals surface area contributed by atoms with Gasteiger partial charge in [-0.3, -0.25) is 0 Å². The summed E-state index contributed by atoms with van der Waals surface area (Å²) >= 11 is 0. The minimum absolute atomic E-state index is 0.860. The van der Waals surface area contributed by atoms with E-state index in [2.05, 4.69) is 228 Å². The van der Waals surface area contributed by atoms with Gasteiger partial charge in [0.25, 0.3) is 0 Å². The lowest BCUT2D eigenvalue weighted by molar-refractivity contribution is 0.669. The Labute approximate surface area is 353 Å². The standard InChI is InChI=1S/C58H38N2O/c1-3-15-39(16-4-1)40-29-32-43(33-30-40)59(46-34-35-51-50-25-11-12-28-55(50)61-56(51)38-46)44-20-13-21-45(37-44)60-53-27-14-26-52(49-24-10-9-22-47(49)41-17-5-2-6-18-41)58(53)57-48-23-8-7-19-42(48)31-36-54(57)60/h1-38H. The summed E-state index contributed by atoms with van der Waals surface area (Å²) in [7, 11) is 0. The number of furan rings is 1. The van der Waals surface area contributed by atoms with E-state index >= 15 is 0 Å². The molecule has 0 saturated heterocycles. The second-order valence-electron chi connectivity index (χ2n) is 15.7. The Bertz CT molecular complexity index is 3580. The molecule has 0 aliphatic heterocycles. The van der Waals surface area contributed by atoms with Gasteiger partial charge >= 0.3 is 0 Å². The summed E-state index contributed by atoms with van der Waals surface area (Å²) in [6.45, 7) is 0. The van der Waals surface area contributed by atoms with Gasteiger partial charge in [0, 0.05) is 50.4 Å². The molecule has 0 radical (unpaired) electrons. The van der Waals surface area contributed by atoms with E-state index in [-0.39, 0.29) is 0 Å². The Morgan fingerprint density at radius 3 is 1.77 bits per heavy atom. The van der Waals surface area contributed by atoms with E-state index in [1.807, 2.05) is 12.1 Å². The Kier molecular flexibility index (Phi) is 8.17. The van der Waals surface area contributed by atoms with Gasteiger partial charge in [-0.25, -0.2) is 0 Å². The fourth-order valence-corrected chi connectivity index (χ4v) is 9.42. The predicted molar refractivity (Wildman–Crippen MR) is 257 cm³/mol. The molecule has 0 atom stereocenters. The molecule has 286 valence electrons. The Morgan fingerprint density at radius 2 is 0.934 bits per heavy atom. The number of anilines is 3. The molecular weight excluding hydrogens is 741 g/mol. The number of hydrogen-bond acceptors (Lipinski definition) is 2. The van der Waals surface area contributed by atoms with Crippen molar-refractivity contribution in [1.29, 1.82) is 0 Å². The summed E-state index contributed by atoms with van der Waals surface area (Å²) < 4.78 is 8.91. The second kappa shape index (κ2) is 14.3. The molecule has 2 heterocycles. The molecule has 61 heavy (non-hydrogen) atoms. The lowest BCUT2D eigenvalue weighted by Crippen LogP contribution is -2.10. The first-order valence-corrected chi connectivity index (χ1v) is 20.8. The molecule has 0 aliphatic rings. The highest BCUT2D eigenvalue weighted by Gasteiger charge is 2.22. The summed E-state index contributed by atoms with van der Waals surface area (Å²) in [6, 6.07) is 82.9. The van der Waals surface area contributed by atoms with Crippen LogP contribution in [0.2, 0.25) is 0 Å². The molecule has 2 aromatic heterocycles. The van der Waals surface area contributed by atoms with E-state index in [0.29, 0.717) is 0 Å². The van der Waals surface area contributed by atoms with E-state index in [1.54, 1.807) is 0 Å².